The Balaban J connectivity index is 1.81. The molecule has 3 fully saturated rings. The van der Waals surface area contributed by atoms with Gasteiger partial charge in [-0.1, -0.05) is 31.4 Å². The predicted molar refractivity (Wildman–Crippen MR) is 97.3 cm³/mol. The van der Waals surface area contributed by atoms with Gasteiger partial charge >= 0.3 is 6.03 Å². The van der Waals surface area contributed by atoms with Crippen LogP contribution in [0.1, 0.15) is 51.9 Å². The molecule has 1 saturated carbocycles. The molecule has 6 heteroatoms. The van der Waals surface area contributed by atoms with Gasteiger partial charge in [-0.05, 0) is 44.6 Å². The summed E-state index contributed by atoms with van der Waals surface area (Å²) in [5, 5.41) is 0. The Morgan fingerprint density at radius 3 is 2.35 bits per heavy atom. The largest absolute Gasteiger partial charge is 0.381 e. The Bertz CT molecular complexity index is 613. The topological polar surface area (TPSA) is 66.9 Å². The molecule has 1 aliphatic carbocycles. The number of imide groups is 2. The molecule has 0 spiro atoms. The van der Waals surface area contributed by atoms with Crippen molar-refractivity contribution in [2.75, 3.05) is 19.8 Å². The van der Waals surface area contributed by atoms with Crippen molar-refractivity contribution >= 4 is 17.8 Å². The van der Waals surface area contributed by atoms with Crippen LogP contribution in [0.4, 0.5) is 4.79 Å². The summed E-state index contributed by atoms with van der Waals surface area (Å²) in [6, 6.07) is -0.695. The second-order valence-electron chi connectivity index (χ2n) is 7.21. The van der Waals surface area contributed by atoms with E-state index in [-0.39, 0.29) is 18.2 Å². The zero-order chi connectivity index (χ0) is 18.5. The monoisotopic (exact) mass is 360 g/mol. The van der Waals surface area contributed by atoms with E-state index in [1.165, 1.54) is 24.2 Å². The number of allylic oxidation sites excluding steroid dienone is 3. The molecule has 0 aromatic heterocycles. The van der Waals surface area contributed by atoms with Gasteiger partial charge in [-0.3, -0.25) is 19.4 Å². The Labute approximate surface area is 154 Å². The average molecular weight is 360 g/mol. The van der Waals surface area contributed by atoms with Gasteiger partial charge in [0.25, 0.3) is 11.8 Å². The van der Waals surface area contributed by atoms with Crippen molar-refractivity contribution in [2.45, 2.75) is 57.9 Å². The Morgan fingerprint density at radius 1 is 1.00 bits per heavy atom. The second-order valence-corrected chi connectivity index (χ2v) is 7.21. The molecule has 142 valence electrons. The van der Waals surface area contributed by atoms with E-state index in [0.29, 0.717) is 32.0 Å². The number of amides is 4. The van der Waals surface area contributed by atoms with Crippen molar-refractivity contribution in [3.63, 3.8) is 0 Å². The third-order valence-corrected chi connectivity index (χ3v) is 5.53. The number of urea groups is 1. The van der Waals surface area contributed by atoms with Crippen molar-refractivity contribution in [2.24, 2.45) is 5.92 Å². The van der Waals surface area contributed by atoms with Gasteiger partial charge < -0.3 is 4.74 Å². The molecule has 0 N–H and O–H groups in total. The fourth-order valence-electron chi connectivity index (χ4n) is 3.99. The van der Waals surface area contributed by atoms with Gasteiger partial charge in [0.2, 0.25) is 0 Å². The van der Waals surface area contributed by atoms with E-state index in [0.717, 1.165) is 17.7 Å². The van der Waals surface area contributed by atoms with Crippen molar-refractivity contribution < 1.29 is 19.1 Å². The molecule has 6 nitrogen and oxygen atoms in total. The van der Waals surface area contributed by atoms with Crippen LogP contribution >= 0.6 is 0 Å². The molecule has 2 saturated heterocycles. The van der Waals surface area contributed by atoms with E-state index in [1.54, 1.807) is 13.0 Å². The summed E-state index contributed by atoms with van der Waals surface area (Å²) in [4.78, 5) is 40.6. The highest BCUT2D eigenvalue weighted by atomic mass is 16.5. The van der Waals surface area contributed by atoms with E-state index in [2.05, 4.69) is 6.08 Å². The number of likely N-dealkylation sites (N-methyl/N-ethyl adjacent to an activating group) is 1. The highest BCUT2D eigenvalue weighted by Gasteiger charge is 2.44. The first kappa shape index (κ1) is 18.8. The van der Waals surface area contributed by atoms with Gasteiger partial charge in [0, 0.05) is 25.8 Å². The summed E-state index contributed by atoms with van der Waals surface area (Å²) in [6.45, 7) is 3.07. The maximum absolute atomic E-state index is 12.9. The number of carbonyl (C=O) groups excluding carboxylic acids is 3. The molecule has 0 unspecified atom stereocenters. The maximum Gasteiger partial charge on any atom is 0.334 e. The Kier molecular flexibility index (Phi) is 6.25. The molecule has 3 aliphatic rings. The highest BCUT2D eigenvalue weighted by Crippen LogP contribution is 2.26. The van der Waals surface area contributed by atoms with Crippen LogP contribution < -0.4 is 0 Å². The highest BCUT2D eigenvalue weighted by molar-refractivity contribution is 6.28. The fraction of sp³-hybridized carbons (Fsp3) is 0.650. The number of carbonyl (C=O) groups is 3. The molecule has 0 aromatic carbocycles. The molecular weight excluding hydrogens is 332 g/mol. The lowest BCUT2D eigenvalue weighted by molar-refractivity contribution is -0.138. The van der Waals surface area contributed by atoms with Crippen molar-refractivity contribution in [3.05, 3.63) is 23.8 Å². The molecule has 0 bridgehead atoms. The van der Waals surface area contributed by atoms with Gasteiger partial charge in [0.1, 0.15) is 5.57 Å². The standard InChI is InChI=1S/C20H28N2O4/c1-2-21-18(23)17(10-6-9-15-7-4-3-5-8-15)19(24)22(20(21)25)16-11-13-26-14-12-16/h6,9-10,15-16H,2-5,7-8,11-14H2,1H3/b9-6+,17-10+. The summed E-state index contributed by atoms with van der Waals surface area (Å²) in [7, 11) is 0. The quantitative estimate of drug-likeness (QED) is 0.571. The zero-order valence-electron chi connectivity index (χ0n) is 15.5. The van der Waals surface area contributed by atoms with Crippen LogP contribution in [-0.4, -0.2) is 53.4 Å². The third-order valence-electron chi connectivity index (χ3n) is 5.53. The summed E-state index contributed by atoms with van der Waals surface area (Å²) < 4.78 is 5.34. The number of rotatable bonds is 4. The first-order valence-electron chi connectivity index (χ1n) is 9.79. The lowest BCUT2D eigenvalue weighted by Crippen LogP contribution is -2.60. The van der Waals surface area contributed by atoms with Crippen LogP contribution in [0.3, 0.4) is 0 Å². The van der Waals surface area contributed by atoms with Crippen LogP contribution in [0.5, 0.6) is 0 Å². The summed E-state index contributed by atoms with van der Waals surface area (Å²) in [5.74, 6) is -0.436. The molecule has 3 rings (SSSR count). The minimum atomic E-state index is -0.497. The molecular formula is C20H28N2O4. The SMILES string of the molecule is CCN1C(=O)/C(=C\C=C\C2CCCCC2)C(=O)N(C2CCOCC2)C1=O. The van der Waals surface area contributed by atoms with E-state index >= 15 is 0 Å². The van der Waals surface area contributed by atoms with Crippen LogP contribution in [0, 0.1) is 5.92 Å². The van der Waals surface area contributed by atoms with Gasteiger partial charge in [0.05, 0.1) is 0 Å². The van der Waals surface area contributed by atoms with E-state index in [4.69, 9.17) is 4.74 Å². The van der Waals surface area contributed by atoms with Gasteiger partial charge in [0.15, 0.2) is 0 Å². The minimum absolute atomic E-state index is 0.0880. The van der Waals surface area contributed by atoms with E-state index < -0.39 is 17.8 Å². The van der Waals surface area contributed by atoms with Gasteiger partial charge in [-0.25, -0.2) is 4.79 Å². The van der Waals surface area contributed by atoms with E-state index in [1.807, 2.05) is 6.08 Å². The first-order chi connectivity index (χ1) is 12.6. The predicted octanol–water partition coefficient (Wildman–Crippen LogP) is 3.04. The second kappa shape index (κ2) is 8.62. The minimum Gasteiger partial charge on any atom is -0.381 e. The van der Waals surface area contributed by atoms with Gasteiger partial charge in [-0.15, -0.1) is 0 Å². The van der Waals surface area contributed by atoms with Crippen molar-refractivity contribution in [1.82, 2.24) is 9.80 Å². The van der Waals surface area contributed by atoms with Crippen molar-refractivity contribution in [3.8, 4) is 0 Å². The fourth-order valence-corrected chi connectivity index (χ4v) is 3.99. The number of nitrogens with zero attached hydrogens (tertiary/aromatic N) is 2. The molecule has 26 heavy (non-hydrogen) atoms. The summed E-state index contributed by atoms with van der Waals surface area (Å²) in [5.41, 5.74) is 0.0880. The average Bonchev–Trinajstić information content (AvgIpc) is 2.66. The van der Waals surface area contributed by atoms with Crippen LogP contribution in [0.25, 0.3) is 0 Å². The van der Waals surface area contributed by atoms with Crippen LogP contribution in [0.15, 0.2) is 23.8 Å². The number of hydrogen-bond acceptors (Lipinski definition) is 4. The van der Waals surface area contributed by atoms with Crippen molar-refractivity contribution in [1.29, 1.82) is 0 Å². The molecule has 0 radical (unpaired) electrons. The molecule has 0 atom stereocenters. The summed E-state index contributed by atoms with van der Waals surface area (Å²) >= 11 is 0. The summed E-state index contributed by atoms with van der Waals surface area (Å²) in [6.07, 6.45) is 12.8. The molecule has 2 aliphatic heterocycles. The molecule has 4 amide bonds. The molecule has 2 heterocycles. The zero-order valence-corrected chi connectivity index (χ0v) is 15.5. The first-order valence-corrected chi connectivity index (χ1v) is 9.79. The third kappa shape index (κ3) is 3.90. The Hall–Kier alpha value is -1.95. The van der Waals surface area contributed by atoms with Crippen LogP contribution in [0.2, 0.25) is 0 Å². The number of hydrogen-bond donors (Lipinski definition) is 0. The maximum atomic E-state index is 12.9. The van der Waals surface area contributed by atoms with Crippen LogP contribution in [-0.2, 0) is 14.3 Å². The van der Waals surface area contributed by atoms with E-state index in [9.17, 15) is 14.4 Å². The molecule has 0 aromatic rings. The lowest BCUT2D eigenvalue weighted by Gasteiger charge is -2.39. The lowest BCUT2D eigenvalue weighted by atomic mass is 9.89. The normalized spacial score (nSPS) is 25.7. The number of barbiturate groups is 1. The number of ether oxygens (including phenoxy) is 1. The smallest absolute Gasteiger partial charge is 0.334 e. The Morgan fingerprint density at radius 2 is 1.69 bits per heavy atom. The van der Waals surface area contributed by atoms with Gasteiger partial charge in [-0.2, -0.15) is 0 Å².